The molecule has 0 aliphatic carbocycles. The normalized spacial score (nSPS) is 9.60. The molecule has 1 rings (SSSR count). The maximum absolute atomic E-state index is 12.9. The van der Waals surface area contributed by atoms with Gasteiger partial charge in [-0.1, -0.05) is 0 Å². The van der Waals surface area contributed by atoms with Crippen molar-refractivity contribution in [3.63, 3.8) is 0 Å². The molecule has 0 aliphatic heterocycles. The first-order chi connectivity index (χ1) is 9.52. The first-order valence-electron chi connectivity index (χ1n) is 5.57. The number of nitrogens with one attached hydrogen (secondary N) is 2. The zero-order valence-corrected chi connectivity index (χ0v) is 10.4. The molecule has 1 aromatic rings. The summed E-state index contributed by atoms with van der Waals surface area (Å²) in [6.45, 7) is -0.309. The molecule has 0 spiro atoms. The van der Waals surface area contributed by atoms with E-state index in [2.05, 4.69) is 10.6 Å². The molecule has 0 saturated heterocycles. The van der Waals surface area contributed by atoms with Crippen molar-refractivity contribution in [1.82, 2.24) is 5.32 Å². The summed E-state index contributed by atoms with van der Waals surface area (Å²) in [5, 5.41) is 21.9. The number of carbonyl (C=O) groups is 2. The maximum Gasteiger partial charge on any atom is 0.329 e. The Morgan fingerprint density at radius 2 is 2.20 bits per heavy atom. The second-order valence-corrected chi connectivity index (χ2v) is 3.63. The Bertz CT molecular complexity index is 542. The molecule has 0 fully saturated rings. The van der Waals surface area contributed by atoms with Gasteiger partial charge in [0.25, 0.3) is 0 Å². The number of amides is 2. The van der Waals surface area contributed by atoms with Crippen LogP contribution in [0.25, 0.3) is 0 Å². The molecule has 7 nitrogen and oxygen atoms in total. The highest BCUT2D eigenvalue weighted by Gasteiger charge is 2.07. The van der Waals surface area contributed by atoms with Gasteiger partial charge in [-0.2, -0.15) is 5.26 Å². The Morgan fingerprint density at radius 1 is 1.45 bits per heavy atom. The second-order valence-electron chi connectivity index (χ2n) is 3.63. The lowest BCUT2D eigenvalue weighted by atomic mass is 10.2. The van der Waals surface area contributed by atoms with Crippen molar-refractivity contribution in [2.75, 3.05) is 25.1 Å². The standard InChI is InChI=1S/C12H12FN3O4/c13-9-1-2-10(8(5-9)6-14)16-12(19)15-3-4-20-7-11(17)18/h1-2,5H,3-4,7H2,(H,17,18)(H2,15,16,19). The van der Waals surface area contributed by atoms with Crippen molar-refractivity contribution in [3.05, 3.63) is 29.6 Å². The first kappa shape index (κ1) is 15.4. The highest BCUT2D eigenvalue weighted by atomic mass is 19.1. The zero-order chi connectivity index (χ0) is 15.0. The van der Waals surface area contributed by atoms with Gasteiger partial charge in [0, 0.05) is 6.54 Å². The molecular weight excluding hydrogens is 269 g/mol. The molecule has 2 amide bonds. The minimum atomic E-state index is -1.10. The van der Waals surface area contributed by atoms with Gasteiger partial charge < -0.3 is 20.5 Å². The summed E-state index contributed by atoms with van der Waals surface area (Å²) in [6.07, 6.45) is 0. The quantitative estimate of drug-likeness (QED) is 0.671. The summed E-state index contributed by atoms with van der Waals surface area (Å²) < 4.78 is 17.6. The van der Waals surface area contributed by atoms with Gasteiger partial charge in [0.05, 0.1) is 17.9 Å². The van der Waals surface area contributed by atoms with Crippen LogP contribution in [0.3, 0.4) is 0 Å². The fourth-order valence-electron chi connectivity index (χ4n) is 1.28. The van der Waals surface area contributed by atoms with E-state index in [1.165, 1.54) is 6.07 Å². The van der Waals surface area contributed by atoms with Crippen LogP contribution in [0.4, 0.5) is 14.9 Å². The molecule has 3 N–H and O–H groups in total. The van der Waals surface area contributed by atoms with E-state index in [0.717, 1.165) is 12.1 Å². The first-order valence-corrected chi connectivity index (χ1v) is 5.57. The monoisotopic (exact) mass is 281 g/mol. The second kappa shape index (κ2) is 7.70. The minimum absolute atomic E-state index is 0.00211. The third-order valence-corrected chi connectivity index (χ3v) is 2.11. The molecule has 0 heterocycles. The number of carbonyl (C=O) groups excluding carboxylic acids is 1. The summed E-state index contributed by atoms with van der Waals surface area (Å²) in [7, 11) is 0. The average molecular weight is 281 g/mol. The Morgan fingerprint density at radius 3 is 2.85 bits per heavy atom. The number of aliphatic carboxylic acids is 1. The van der Waals surface area contributed by atoms with Crippen molar-refractivity contribution in [1.29, 1.82) is 5.26 Å². The van der Waals surface area contributed by atoms with Gasteiger partial charge in [-0.05, 0) is 18.2 Å². The van der Waals surface area contributed by atoms with Crippen LogP contribution < -0.4 is 10.6 Å². The van der Waals surface area contributed by atoms with Crippen LogP contribution in [0.1, 0.15) is 5.56 Å². The van der Waals surface area contributed by atoms with Crippen molar-refractivity contribution in [3.8, 4) is 6.07 Å². The number of hydrogen-bond acceptors (Lipinski definition) is 4. The Kier molecular flexibility index (Phi) is 5.93. The van der Waals surface area contributed by atoms with Crippen molar-refractivity contribution >= 4 is 17.7 Å². The van der Waals surface area contributed by atoms with Crippen molar-refractivity contribution in [2.24, 2.45) is 0 Å². The third kappa shape index (κ3) is 5.32. The van der Waals surface area contributed by atoms with E-state index in [0.29, 0.717) is 0 Å². The largest absolute Gasteiger partial charge is 0.480 e. The number of ether oxygens (including phenoxy) is 1. The number of anilines is 1. The Labute approximate surface area is 114 Å². The average Bonchev–Trinajstić information content (AvgIpc) is 2.40. The zero-order valence-electron chi connectivity index (χ0n) is 10.4. The number of rotatable bonds is 6. The molecule has 0 saturated carbocycles. The molecule has 106 valence electrons. The van der Waals surface area contributed by atoms with Gasteiger partial charge in [-0.25, -0.2) is 14.0 Å². The number of urea groups is 1. The molecule has 1 aromatic carbocycles. The summed E-state index contributed by atoms with van der Waals surface area (Å²) >= 11 is 0. The number of halogens is 1. The van der Waals surface area contributed by atoms with E-state index >= 15 is 0 Å². The van der Waals surface area contributed by atoms with Gasteiger partial charge in [-0.15, -0.1) is 0 Å². The Hall–Kier alpha value is -2.66. The van der Waals surface area contributed by atoms with Crippen LogP contribution in [0.15, 0.2) is 18.2 Å². The number of hydrogen-bond donors (Lipinski definition) is 3. The van der Waals surface area contributed by atoms with Crippen LogP contribution in [-0.2, 0) is 9.53 Å². The SMILES string of the molecule is N#Cc1cc(F)ccc1NC(=O)NCCOCC(=O)O. The Balaban J connectivity index is 2.39. The highest BCUT2D eigenvalue weighted by Crippen LogP contribution is 2.15. The van der Waals surface area contributed by atoms with E-state index in [9.17, 15) is 14.0 Å². The topological polar surface area (TPSA) is 111 Å². The fraction of sp³-hybridized carbons (Fsp3) is 0.250. The van der Waals surface area contributed by atoms with Gasteiger partial charge in [0.2, 0.25) is 0 Å². The lowest BCUT2D eigenvalue weighted by Crippen LogP contribution is -2.32. The molecule has 0 aromatic heterocycles. The van der Waals surface area contributed by atoms with Crippen LogP contribution in [0.5, 0.6) is 0 Å². The molecule has 0 unspecified atom stereocenters. The smallest absolute Gasteiger partial charge is 0.329 e. The number of benzene rings is 1. The van der Waals surface area contributed by atoms with E-state index in [4.69, 9.17) is 15.1 Å². The van der Waals surface area contributed by atoms with E-state index in [1.54, 1.807) is 6.07 Å². The number of nitriles is 1. The highest BCUT2D eigenvalue weighted by molar-refractivity contribution is 5.90. The molecule has 0 atom stereocenters. The maximum atomic E-state index is 12.9. The van der Waals surface area contributed by atoms with Crippen LogP contribution in [-0.4, -0.2) is 36.9 Å². The van der Waals surface area contributed by atoms with Gasteiger partial charge in [0.1, 0.15) is 18.5 Å². The van der Waals surface area contributed by atoms with Crippen LogP contribution >= 0.6 is 0 Å². The van der Waals surface area contributed by atoms with Crippen LogP contribution in [0.2, 0.25) is 0 Å². The van der Waals surface area contributed by atoms with Crippen molar-refractivity contribution in [2.45, 2.75) is 0 Å². The van der Waals surface area contributed by atoms with E-state index < -0.39 is 24.4 Å². The predicted molar refractivity (Wildman–Crippen MR) is 66.6 cm³/mol. The molecule has 8 heteroatoms. The van der Waals surface area contributed by atoms with E-state index in [1.807, 2.05) is 0 Å². The molecule has 0 bridgehead atoms. The third-order valence-electron chi connectivity index (χ3n) is 2.11. The summed E-state index contributed by atoms with van der Waals surface area (Å²) in [4.78, 5) is 21.6. The summed E-state index contributed by atoms with van der Waals surface area (Å²) in [5.41, 5.74) is 0.181. The van der Waals surface area contributed by atoms with Crippen LogP contribution in [0, 0.1) is 17.1 Å². The minimum Gasteiger partial charge on any atom is -0.480 e. The lowest BCUT2D eigenvalue weighted by molar-refractivity contribution is -0.142. The predicted octanol–water partition coefficient (Wildman–Crippen LogP) is 0.920. The molecule has 0 aliphatic rings. The van der Waals surface area contributed by atoms with E-state index in [-0.39, 0.29) is 24.4 Å². The van der Waals surface area contributed by atoms with Gasteiger partial charge >= 0.3 is 12.0 Å². The summed E-state index contributed by atoms with van der Waals surface area (Å²) in [5.74, 6) is -1.67. The number of carboxylic acid groups (broad SMARTS) is 1. The van der Waals surface area contributed by atoms with Gasteiger partial charge in [0.15, 0.2) is 0 Å². The fourth-order valence-corrected chi connectivity index (χ4v) is 1.28. The molecule has 0 radical (unpaired) electrons. The number of nitrogens with zero attached hydrogens (tertiary/aromatic N) is 1. The summed E-state index contributed by atoms with van der Waals surface area (Å²) in [6, 6.07) is 4.55. The number of carboxylic acids is 1. The van der Waals surface area contributed by atoms with Crippen molar-refractivity contribution < 1.29 is 23.8 Å². The lowest BCUT2D eigenvalue weighted by Gasteiger charge is -2.08. The molecule has 20 heavy (non-hydrogen) atoms. The van der Waals surface area contributed by atoms with Gasteiger partial charge in [-0.3, -0.25) is 0 Å². The molecular formula is C12H12FN3O4.